The van der Waals surface area contributed by atoms with Crippen LogP contribution in [0, 0.1) is 6.92 Å². The highest BCUT2D eigenvalue weighted by Gasteiger charge is 2.24. The Hall–Kier alpha value is -3.15. The van der Waals surface area contributed by atoms with Crippen LogP contribution in [-0.4, -0.2) is 38.0 Å². The monoisotopic (exact) mass is 433 g/mol. The summed E-state index contributed by atoms with van der Waals surface area (Å²) >= 11 is 0. The number of aromatic nitrogens is 2. The van der Waals surface area contributed by atoms with E-state index >= 15 is 0 Å². The Kier molecular flexibility index (Phi) is 6.88. The Labute approximate surface area is 188 Å². The summed E-state index contributed by atoms with van der Waals surface area (Å²) in [4.78, 5) is 30.9. The van der Waals surface area contributed by atoms with Crippen LogP contribution in [0.25, 0.3) is 11.0 Å². The van der Waals surface area contributed by atoms with Crippen LogP contribution in [0.5, 0.6) is 0 Å². The SMILES string of the molecule is Cc1ccc(CN(CC(=O)O)C(=O)CCn2c(C3CCCCC3)nc3ccccc32)cc1. The lowest BCUT2D eigenvalue weighted by Crippen LogP contribution is -2.35. The minimum atomic E-state index is -0.999. The van der Waals surface area contributed by atoms with E-state index in [1.165, 1.54) is 24.2 Å². The molecular formula is C26H31N3O3. The average Bonchev–Trinajstić information content (AvgIpc) is 3.17. The Balaban J connectivity index is 1.53. The molecule has 1 N–H and O–H groups in total. The molecule has 0 spiro atoms. The van der Waals surface area contributed by atoms with Crippen molar-refractivity contribution in [2.45, 2.75) is 64.5 Å². The van der Waals surface area contributed by atoms with Crippen LogP contribution < -0.4 is 0 Å². The second-order valence-electron chi connectivity index (χ2n) is 8.82. The summed E-state index contributed by atoms with van der Waals surface area (Å²) in [7, 11) is 0. The first kappa shape index (κ1) is 22.1. The highest BCUT2D eigenvalue weighted by molar-refractivity contribution is 5.82. The molecule has 0 atom stereocenters. The number of benzene rings is 2. The molecule has 1 amide bonds. The van der Waals surface area contributed by atoms with Crippen LogP contribution in [0.3, 0.4) is 0 Å². The molecule has 4 rings (SSSR count). The van der Waals surface area contributed by atoms with Crippen molar-refractivity contribution >= 4 is 22.9 Å². The van der Waals surface area contributed by atoms with Gasteiger partial charge in [-0.1, -0.05) is 61.2 Å². The molecule has 0 radical (unpaired) electrons. The molecule has 0 bridgehead atoms. The van der Waals surface area contributed by atoms with Gasteiger partial charge in [-0.15, -0.1) is 0 Å². The van der Waals surface area contributed by atoms with Gasteiger partial charge in [0, 0.05) is 25.4 Å². The largest absolute Gasteiger partial charge is 0.480 e. The van der Waals surface area contributed by atoms with Crippen molar-refractivity contribution in [1.29, 1.82) is 0 Å². The van der Waals surface area contributed by atoms with Crippen molar-refractivity contribution < 1.29 is 14.7 Å². The Morgan fingerprint density at radius 3 is 2.50 bits per heavy atom. The fraction of sp³-hybridized carbons (Fsp3) is 0.423. The van der Waals surface area contributed by atoms with Gasteiger partial charge in [0.05, 0.1) is 11.0 Å². The summed E-state index contributed by atoms with van der Waals surface area (Å²) in [6.07, 6.45) is 6.23. The molecule has 6 heteroatoms. The quantitative estimate of drug-likeness (QED) is 0.548. The molecule has 3 aromatic rings. The molecule has 0 aliphatic heterocycles. The highest BCUT2D eigenvalue weighted by Crippen LogP contribution is 2.34. The Bertz CT molecular complexity index is 1080. The standard InChI is InChI=1S/C26H31N3O3/c1-19-11-13-20(14-12-19)17-28(18-25(31)32)24(30)15-16-29-23-10-6-5-9-22(23)27-26(29)21-7-3-2-4-8-21/h5-6,9-14,21H,2-4,7-8,15-18H2,1H3,(H,31,32). The van der Waals surface area contributed by atoms with Crippen LogP contribution in [0.4, 0.5) is 0 Å². The van der Waals surface area contributed by atoms with E-state index in [0.29, 0.717) is 19.0 Å². The van der Waals surface area contributed by atoms with E-state index in [1.54, 1.807) is 0 Å². The van der Waals surface area contributed by atoms with E-state index < -0.39 is 5.97 Å². The smallest absolute Gasteiger partial charge is 0.323 e. The van der Waals surface area contributed by atoms with Gasteiger partial charge in [-0.2, -0.15) is 0 Å². The number of para-hydroxylation sites is 2. The molecule has 168 valence electrons. The van der Waals surface area contributed by atoms with Gasteiger partial charge in [-0.05, 0) is 37.5 Å². The molecule has 1 aliphatic rings. The number of fused-ring (bicyclic) bond motifs is 1. The van der Waals surface area contributed by atoms with Gasteiger partial charge in [0.15, 0.2) is 0 Å². The number of amides is 1. The molecule has 6 nitrogen and oxygen atoms in total. The zero-order valence-electron chi connectivity index (χ0n) is 18.7. The number of nitrogens with zero attached hydrogens (tertiary/aromatic N) is 3. The normalized spacial score (nSPS) is 14.5. The van der Waals surface area contributed by atoms with E-state index in [2.05, 4.69) is 10.6 Å². The minimum absolute atomic E-state index is 0.152. The zero-order valence-corrected chi connectivity index (χ0v) is 18.7. The third-order valence-corrected chi connectivity index (χ3v) is 6.38. The first-order valence-corrected chi connectivity index (χ1v) is 11.5. The summed E-state index contributed by atoms with van der Waals surface area (Å²) in [5, 5.41) is 9.35. The van der Waals surface area contributed by atoms with E-state index in [4.69, 9.17) is 4.98 Å². The number of carboxylic acids is 1. The van der Waals surface area contributed by atoms with Gasteiger partial charge >= 0.3 is 5.97 Å². The third kappa shape index (κ3) is 5.18. The van der Waals surface area contributed by atoms with Crippen LogP contribution >= 0.6 is 0 Å². The van der Waals surface area contributed by atoms with Gasteiger partial charge < -0.3 is 14.6 Å². The van der Waals surface area contributed by atoms with Crippen LogP contribution in [-0.2, 0) is 22.7 Å². The first-order chi connectivity index (χ1) is 15.5. The molecule has 2 aromatic carbocycles. The molecule has 1 aliphatic carbocycles. The number of aryl methyl sites for hydroxylation is 2. The van der Waals surface area contributed by atoms with Gasteiger partial charge in [0.2, 0.25) is 5.91 Å². The number of hydrogen-bond acceptors (Lipinski definition) is 3. The van der Waals surface area contributed by atoms with E-state index in [1.807, 2.05) is 49.4 Å². The lowest BCUT2D eigenvalue weighted by Gasteiger charge is -2.24. The van der Waals surface area contributed by atoms with E-state index in [-0.39, 0.29) is 18.9 Å². The predicted octanol–water partition coefficient (Wildman–Crippen LogP) is 4.90. The predicted molar refractivity (Wildman–Crippen MR) is 124 cm³/mol. The van der Waals surface area contributed by atoms with Crippen LogP contribution in [0.1, 0.15) is 61.4 Å². The maximum Gasteiger partial charge on any atom is 0.323 e. The fourth-order valence-corrected chi connectivity index (χ4v) is 4.68. The Morgan fingerprint density at radius 2 is 1.78 bits per heavy atom. The number of carbonyl (C=O) groups excluding carboxylic acids is 1. The number of rotatable bonds is 8. The van der Waals surface area contributed by atoms with E-state index in [0.717, 1.165) is 40.8 Å². The van der Waals surface area contributed by atoms with Gasteiger partial charge in [-0.3, -0.25) is 9.59 Å². The number of imidazole rings is 1. The van der Waals surface area contributed by atoms with Gasteiger partial charge in [0.1, 0.15) is 12.4 Å². The third-order valence-electron chi connectivity index (χ3n) is 6.38. The summed E-state index contributed by atoms with van der Waals surface area (Å²) < 4.78 is 2.19. The van der Waals surface area contributed by atoms with Crippen molar-refractivity contribution in [3.05, 3.63) is 65.5 Å². The average molecular weight is 434 g/mol. The highest BCUT2D eigenvalue weighted by atomic mass is 16.4. The summed E-state index contributed by atoms with van der Waals surface area (Å²) in [6.45, 7) is 2.51. The minimum Gasteiger partial charge on any atom is -0.480 e. The Morgan fingerprint density at radius 1 is 1.06 bits per heavy atom. The van der Waals surface area contributed by atoms with Crippen molar-refractivity contribution in [1.82, 2.24) is 14.5 Å². The number of hydrogen-bond donors (Lipinski definition) is 1. The molecule has 1 fully saturated rings. The van der Waals surface area contributed by atoms with Gasteiger partial charge in [0.25, 0.3) is 0 Å². The lowest BCUT2D eigenvalue weighted by atomic mass is 9.88. The van der Waals surface area contributed by atoms with Crippen molar-refractivity contribution in [3.8, 4) is 0 Å². The lowest BCUT2D eigenvalue weighted by molar-refractivity contribution is -0.145. The number of carbonyl (C=O) groups is 2. The second-order valence-corrected chi connectivity index (χ2v) is 8.82. The molecule has 0 saturated heterocycles. The molecule has 1 aromatic heterocycles. The van der Waals surface area contributed by atoms with Gasteiger partial charge in [-0.25, -0.2) is 4.98 Å². The summed E-state index contributed by atoms with van der Waals surface area (Å²) in [6, 6.07) is 15.9. The molecule has 0 unspecified atom stereocenters. The number of aliphatic carboxylic acids is 1. The van der Waals surface area contributed by atoms with Crippen molar-refractivity contribution in [2.24, 2.45) is 0 Å². The van der Waals surface area contributed by atoms with Crippen LogP contribution in [0.2, 0.25) is 0 Å². The van der Waals surface area contributed by atoms with E-state index in [9.17, 15) is 14.7 Å². The fourth-order valence-electron chi connectivity index (χ4n) is 4.68. The van der Waals surface area contributed by atoms with Crippen molar-refractivity contribution in [3.63, 3.8) is 0 Å². The maximum atomic E-state index is 13.1. The number of carboxylic acid groups (broad SMARTS) is 1. The maximum absolute atomic E-state index is 13.1. The molecule has 32 heavy (non-hydrogen) atoms. The zero-order chi connectivity index (χ0) is 22.5. The molecule has 1 heterocycles. The first-order valence-electron chi connectivity index (χ1n) is 11.5. The topological polar surface area (TPSA) is 75.4 Å². The summed E-state index contributed by atoms with van der Waals surface area (Å²) in [5.41, 5.74) is 4.07. The van der Waals surface area contributed by atoms with Crippen molar-refractivity contribution in [2.75, 3.05) is 6.54 Å². The van der Waals surface area contributed by atoms with Crippen LogP contribution in [0.15, 0.2) is 48.5 Å². The molecule has 1 saturated carbocycles. The second kappa shape index (κ2) is 9.98. The molecular weight excluding hydrogens is 402 g/mol. The summed E-state index contributed by atoms with van der Waals surface area (Å²) in [5.74, 6) is 0.345.